The summed E-state index contributed by atoms with van der Waals surface area (Å²) in [6.07, 6.45) is 3.29. The molecule has 2 aliphatic carbocycles. The topological polar surface area (TPSA) is 54.0 Å². The van der Waals surface area contributed by atoms with Crippen molar-refractivity contribution in [1.82, 2.24) is 0 Å². The fraction of sp³-hybridized carbons (Fsp3) is 0.609. The van der Waals surface area contributed by atoms with E-state index in [1.165, 1.54) is 4.90 Å². The molecule has 0 aromatic heterocycles. The third-order valence-corrected chi connectivity index (χ3v) is 7.62. The largest absolute Gasteiger partial charge is 0.359 e. The summed E-state index contributed by atoms with van der Waals surface area (Å²) in [5, 5.41) is 0. The first-order valence-corrected chi connectivity index (χ1v) is 11.0. The van der Waals surface area contributed by atoms with Crippen LogP contribution in [0.15, 0.2) is 47.4 Å². The number of thioether (sulfide) groups is 1. The molecule has 2 saturated carbocycles. The van der Waals surface area contributed by atoms with Gasteiger partial charge in [-0.15, -0.1) is 11.8 Å². The Bertz CT molecular complexity index is 696. The molecule has 5 atom stereocenters. The van der Waals surface area contributed by atoms with Crippen LogP contribution in [0, 0.1) is 17.3 Å². The molecule has 0 saturated heterocycles. The summed E-state index contributed by atoms with van der Waals surface area (Å²) in [7, 11) is 3.22. The minimum atomic E-state index is -0.654. The molecule has 0 unspecified atom stereocenters. The minimum Gasteiger partial charge on any atom is -0.359 e. The molecule has 0 heterocycles. The van der Waals surface area contributed by atoms with Gasteiger partial charge in [0, 0.05) is 30.8 Å². The number of methoxy groups -OCH3 is 2. The molecular weight excluding hydrogens is 388 g/mol. The number of aldehydes is 1. The molecule has 0 spiro atoms. The Labute approximate surface area is 178 Å². The van der Waals surface area contributed by atoms with Crippen molar-refractivity contribution in [2.45, 2.75) is 42.8 Å². The highest BCUT2D eigenvalue weighted by atomic mass is 32.2. The Kier molecular flexibility index (Phi) is 7.57. The van der Waals surface area contributed by atoms with Gasteiger partial charge in [0.15, 0.2) is 0 Å². The maximum atomic E-state index is 12.6. The van der Waals surface area contributed by atoms with Crippen LogP contribution in [0.25, 0.3) is 0 Å². The number of hydrogen-bond acceptors (Lipinski definition) is 6. The molecule has 160 valence electrons. The molecule has 3 rings (SSSR count). The summed E-state index contributed by atoms with van der Waals surface area (Å²) in [5.74, 6) is 0.952. The molecule has 2 fully saturated rings. The van der Waals surface area contributed by atoms with Crippen LogP contribution in [0.2, 0.25) is 0 Å². The number of benzene rings is 1. The molecule has 1 aromatic rings. The van der Waals surface area contributed by atoms with E-state index in [0.717, 1.165) is 30.5 Å². The smallest absolute Gasteiger partial charge is 0.147 e. The van der Waals surface area contributed by atoms with Crippen molar-refractivity contribution in [2.24, 2.45) is 17.3 Å². The average molecular weight is 421 g/mol. The normalized spacial score (nSPS) is 33.6. The maximum absolute atomic E-state index is 12.6. The number of fused-ring (bicyclic) bond motifs is 2. The van der Waals surface area contributed by atoms with Gasteiger partial charge in [0.05, 0.1) is 17.1 Å². The van der Waals surface area contributed by atoms with Crippen molar-refractivity contribution in [3.05, 3.63) is 42.5 Å². The lowest BCUT2D eigenvalue weighted by Crippen LogP contribution is -2.48. The Hall–Kier alpha value is -1.18. The minimum absolute atomic E-state index is 0.0577. The van der Waals surface area contributed by atoms with Crippen LogP contribution in [-0.2, 0) is 23.7 Å². The summed E-state index contributed by atoms with van der Waals surface area (Å²) in [4.78, 5) is 13.8. The van der Waals surface area contributed by atoms with E-state index in [-0.39, 0.29) is 31.5 Å². The van der Waals surface area contributed by atoms with Gasteiger partial charge < -0.3 is 23.7 Å². The molecule has 2 aliphatic rings. The zero-order chi connectivity index (χ0) is 20.9. The van der Waals surface area contributed by atoms with E-state index in [1.807, 2.05) is 18.2 Å². The van der Waals surface area contributed by atoms with Crippen LogP contribution in [-0.4, -0.2) is 51.5 Å². The fourth-order valence-corrected chi connectivity index (χ4v) is 6.16. The molecule has 0 aliphatic heterocycles. The third-order valence-electron chi connectivity index (χ3n) is 6.50. The average Bonchev–Trinajstić information content (AvgIpc) is 2.90. The molecular formula is C23H32O5S. The monoisotopic (exact) mass is 420 g/mol. The first kappa shape index (κ1) is 22.5. The van der Waals surface area contributed by atoms with Gasteiger partial charge in [-0.2, -0.15) is 0 Å². The van der Waals surface area contributed by atoms with Gasteiger partial charge >= 0.3 is 0 Å². The first-order valence-electron chi connectivity index (χ1n) is 10.1. The van der Waals surface area contributed by atoms with Gasteiger partial charge in [0.1, 0.15) is 19.9 Å². The second kappa shape index (κ2) is 9.75. The predicted molar refractivity (Wildman–Crippen MR) is 114 cm³/mol. The Balaban J connectivity index is 1.82. The molecule has 5 nitrogen and oxygen atoms in total. The second-order valence-corrected chi connectivity index (χ2v) is 9.31. The van der Waals surface area contributed by atoms with Crippen LogP contribution in [0.5, 0.6) is 0 Å². The molecule has 0 amide bonds. The van der Waals surface area contributed by atoms with Gasteiger partial charge in [-0.05, 0) is 44.2 Å². The number of carbonyl (C=O) groups is 1. The van der Waals surface area contributed by atoms with Crippen molar-refractivity contribution in [2.75, 3.05) is 33.6 Å². The molecule has 1 aromatic carbocycles. The van der Waals surface area contributed by atoms with E-state index in [0.29, 0.717) is 6.42 Å². The van der Waals surface area contributed by atoms with Gasteiger partial charge in [-0.1, -0.05) is 30.4 Å². The summed E-state index contributed by atoms with van der Waals surface area (Å²) >= 11 is 1.76. The first-order chi connectivity index (χ1) is 14.0. The van der Waals surface area contributed by atoms with Crippen LogP contribution in [0.4, 0.5) is 0 Å². The van der Waals surface area contributed by atoms with Gasteiger partial charge in [0.2, 0.25) is 0 Å². The molecule has 2 bridgehead atoms. The van der Waals surface area contributed by atoms with E-state index < -0.39 is 11.0 Å². The SMILES string of the molecule is C=C(CSc1ccccc1)[C@@H]1CC[C@@H]2[C@@H](OCOC)[C@@]1(C=O)C[C@@]2(C)OCOC. The molecule has 0 radical (unpaired) electrons. The Morgan fingerprint density at radius 1 is 1.21 bits per heavy atom. The summed E-state index contributed by atoms with van der Waals surface area (Å²) in [6, 6.07) is 10.3. The Morgan fingerprint density at radius 2 is 1.93 bits per heavy atom. The lowest BCUT2D eigenvalue weighted by atomic mass is 9.64. The highest BCUT2D eigenvalue weighted by Gasteiger charge is 2.66. The van der Waals surface area contributed by atoms with Crippen LogP contribution >= 0.6 is 11.8 Å². The molecule has 6 heteroatoms. The van der Waals surface area contributed by atoms with Crippen molar-refractivity contribution >= 4 is 18.0 Å². The van der Waals surface area contributed by atoms with Crippen molar-refractivity contribution in [3.8, 4) is 0 Å². The van der Waals surface area contributed by atoms with E-state index in [1.54, 1.807) is 26.0 Å². The highest BCUT2D eigenvalue weighted by molar-refractivity contribution is 7.99. The lowest BCUT2D eigenvalue weighted by Gasteiger charge is -2.44. The molecule has 29 heavy (non-hydrogen) atoms. The standard InChI is InChI=1S/C23H32O5S/c1-17(12-29-18-8-6-5-7-9-18)19-10-11-20-21(27-15-25-3)23(19,14-24)13-22(20,2)28-16-26-4/h5-9,14,19-21H,1,10-13,15-16H2,2-4H3/t19-,20+,21+,22+,23+/m0/s1. The van der Waals surface area contributed by atoms with Crippen LogP contribution in [0.3, 0.4) is 0 Å². The van der Waals surface area contributed by atoms with Gasteiger partial charge in [0.25, 0.3) is 0 Å². The second-order valence-electron chi connectivity index (χ2n) is 8.26. The van der Waals surface area contributed by atoms with Crippen LogP contribution < -0.4 is 0 Å². The summed E-state index contributed by atoms with van der Waals surface area (Å²) in [6.45, 7) is 6.84. The number of carbonyl (C=O) groups excluding carboxylic acids is 1. The summed E-state index contributed by atoms with van der Waals surface area (Å²) < 4.78 is 22.6. The fourth-order valence-electron chi connectivity index (χ4n) is 5.26. The third kappa shape index (κ3) is 4.47. The Morgan fingerprint density at radius 3 is 2.59 bits per heavy atom. The van der Waals surface area contributed by atoms with E-state index in [9.17, 15) is 4.79 Å². The van der Waals surface area contributed by atoms with E-state index >= 15 is 0 Å². The van der Waals surface area contributed by atoms with Crippen LogP contribution in [0.1, 0.15) is 26.2 Å². The zero-order valence-corrected chi connectivity index (χ0v) is 18.4. The zero-order valence-electron chi connectivity index (χ0n) is 17.6. The van der Waals surface area contributed by atoms with Crippen molar-refractivity contribution in [1.29, 1.82) is 0 Å². The van der Waals surface area contributed by atoms with Gasteiger partial charge in [-0.25, -0.2) is 0 Å². The number of rotatable bonds is 11. The lowest BCUT2D eigenvalue weighted by molar-refractivity contribution is -0.171. The van der Waals surface area contributed by atoms with Crippen molar-refractivity contribution < 1.29 is 23.7 Å². The van der Waals surface area contributed by atoms with Gasteiger partial charge in [-0.3, -0.25) is 0 Å². The number of hydrogen-bond donors (Lipinski definition) is 0. The highest BCUT2D eigenvalue weighted by Crippen LogP contribution is 2.61. The number of ether oxygens (including phenoxy) is 4. The summed E-state index contributed by atoms with van der Waals surface area (Å²) in [5.41, 5.74) is -0.0405. The maximum Gasteiger partial charge on any atom is 0.147 e. The molecule has 0 N–H and O–H groups in total. The quantitative estimate of drug-likeness (QED) is 0.230. The predicted octanol–water partition coefficient (Wildman–Crippen LogP) is 4.32. The van der Waals surface area contributed by atoms with E-state index in [4.69, 9.17) is 18.9 Å². The van der Waals surface area contributed by atoms with E-state index in [2.05, 4.69) is 25.6 Å². The van der Waals surface area contributed by atoms with Crippen molar-refractivity contribution in [3.63, 3.8) is 0 Å².